The standard InChI is InChI=1S/C21H29N3O3S/c1-3-4-5-6-7-8-17-24(2)20-13-9-18(10-14-20)22-23-19-11-15-21(16-12-19)28(25,26)27/h9-16H,3-8,17H2,1-2H3,(H,25,26,27). The molecule has 0 aliphatic carbocycles. The summed E-state index contributed by atoms with van der Waals surface area (Å²) in [5.74, 6) is 0. The van der Waals surface area contributed by atoms with Gasteiger partial charge in [-0.3, -0.25) is 4.55 Å². The minimum absolute atomic E-state index is 0.163. The predicted octanol–water partition coefficient (Wildman–Crippen LogP) is 6.15. The van der Waals surface area contributed by atoms with Crippen LogP contribution in [-0.2, 0) is 10.1 Å². The van der Waals surface area contributed by atoms with E-state index in [4.69, 9.17) is 4.55 Å². The maximum atomic E-state index is 11.0. The van der Waals surface area contributed by atoms with E-state index in [0.29, 0.717) is 5.69 Å². The van der Waals surface area contributed by atoms with Gasteiger partial charge in [-0.05, 0) is 55.0 Å². The van der Waals surface area contributed by atoms with Gasteiger partial charge in [0, 0.05) is 19.3 Å². The van der Waals surface area contributed by atoms with Crippen LogP contribution in [0.25, 0.3) is 0 Å². The van der Waals surface area contributed by atoms with Gasteiger partial charge < -0.3 is 4.90 Å². The number of azo groups is 1. The molecule has 0 amide bonds. The van der Waals surface area contributed by atoms with E-state index < -0.39 is 10.1 Å². The molecule has 1 N–H and O–H groups in total. The van der Waals surface area contributed by atoms with Crippen LogP contribution in [0.3, 0.4) is 0 Å². The summed E-state index contributed by atoms with van der Waals surface area (Å²) in [4.78, 5) is 2.08. The summed E-state index contributed by atoms with van der Waals surface area (Å²) in [7, 11) is -2.09. The normalized spacial score (nSPS) is 11.8. The zero-order valence-electron chi connectivity index (χ0n) is 16.6. The second-order valence-corrected chi connectivity index (χ2v) is 8.30. The Kier molecular flexibility index (Phi) is 8.60. The number of anilines is 1. The van der Waals surface area contributed by atoms with Gasteiger partial charge in [-0.15, -0.1) is 0 Å². The van der Waals surface area contributed by atoms with E-state index in [9.17, 15) is 8.42 Å². The van der Waals surface area contributed by atoms with Gasteiger partial charge in [-0.2, -0.15) is 18.6 Å². The Hall–Kier alpha value is -2.25. The van der Waals surface area contributed by atoms with Crippen LogP contribution in [0.5, 0.6) is 0 Å². The lowest BCUT2D eigenvalue weighted by atomic mass is 10.1. The van der Waals surface area contributed by atoms with Gasteiger partial charge in [0.05, 0.1) is 16.3 Å². The molecule has 0 saturated heterocycles. The van der Waals surface area contributed by atoms with Crippen molar-refractivity contribution in [3.05, 3.63) is 48.5 Å². The van der Waals surface area contributed by atoms with Crippen LogP contribution in [0, 0.1) is 0 Å². The minimum Gasteiger partial charge on any atom is -0.375 e. The fraction of sp³-hybridized carbons (Fsp3) is 0.429. The summed E-state index contributed by atoms with van der Waals surface area (Å²) >= 11 is 0. The lowest BCUT2D eigenvalue weighted by Gasteiger charge is -2.19. The first-order valence-electron chi connectivity index (χ1n) is 9.70. The highest BCUT2D eigenvalue weighted by Crippen LogP contribution is 2.23. The lowest BCUT2D eigenvalue weighted by Crippen LogP contribution is -2.18. The molecule has 0 atom stereocenters. The quantitative estimate of drug-likeness (QED) is 0.277. The van der Waals surface area contributed by atoms with Crippen molar-refractivity contribution in [1.29, 1.82) is 0 Å². The van der Waals surface area contributed by atoms with E-state index in [1.807, 2.05) is 24.3 Å². The summed E-state index contributed by atoms with van der Waals surface area (Å²) in [6.45, 7) is 3.27. The van der Waals surface area contributed by atoms with Gasteiger partial charge in [0.15, 0.2) is 0 Å². The van der Waals surface area contributed by atoms with Crippen molar-refractivity contribution >= 4 is 27.2 Å². The molecule has 0 spiro atoms. The van der Waals surface area contributed by atoms with Crippen LogP contribution in [0.4, 0.5) is 17.1 Å². The van der Waals surface area contributed by atoms with Gasteiger partial charge in [0.1, 0.15) is 0 Å². The lowest BCUT2D eigenvalue weighted by molar-refractivity contribution is 0.483. The molecule has 0 unspecified atom stereocenters. The van der Waals surface area contributed by atoms with E-state index >= 15 is 0 Å². The summed E-state index contributed by atoms with van der Waals surface area (Å²) in [5.41, 5.74) is 2.37. The molecule has 152 valence electrons. The third kappa shape index (κ3) is 7.40. The molecular weight excluding hydrogens is 374 g/mol. The van der Waals surface area contributed by atoms with E-state index in [0.717, 1.165) is 17.9 Å². The van der Waals surface area contributed by atoms with E-state index in [1.165, 1.54) is 62.8 Å². The fourth-order valence-electron chi connectivity index (χ4n) is 2.83. The molecule has 2 aromatic carbocycles. The fourth-order valence-corrected chi connectivity index (χ4v) is 3.31. The number of hydrogen-bond donors (Lipinski definition) is 1. The van der Waals surface area contributed by atoms with E-state index in [2.05, 4.69) is 29.1 Å². The minimum atomic E-state index is -4.19. The van der Waals surface area contributed by atoms with Gasteiger partial charge in [0.2, 0.25) is 0 Å². The SMILES string of the molecule is CCCCCCCCN(C)c1ccc(N=Nc2ccc(S(=O)(=O)O)cc2)cc1. The monoisotopic (exact) mass is 403 g/mol. The van der Waals surface area contributed by atoms with E-state index in [1.54, 1.807) is 0 Å². The van der Waals surface area contributed by atoms with Crippen LogP contribution in [0.15, 0.2) is 63.7 Å². The Morgan fingerprint density at radius 3 is 1.86 bits per heavy atom. The average Bonchev–Trinajstić information content (AvgIpc) is 2.69. The van der Waals surface area contributed by atoms with E-state index in [-0.39, 0.29) is 4.90 Å². The van der Waals surface area contributed by atoms with Crippen molar-refractivity contribution in [2.75, 3.05) is 18.5 Å². The average molecular weight is 404 g/mol. The number of unbranched alkanes of at least 4 members (excludes halogenated alkanes) is 5. The summed E-state index contributed by atoms with van der Waals surface area (Å²) in [6.07, 6.45) is 7.72. The highest BCUT2D eigenvalue weighted by molar-refractivity contribution is 7.85. The number of hydrogen-bond acceptors (Lipinski definition) is 5. The molecule has 0 aromatic heterocycles. The van der Waals surface area contributed by atoms with Gasteiger partial charge in [0.25, 0.3) is 10.1 Å². The summed E-state index contributed by atoms with van der Waals surface area (Å²) in [5, 5.41) is 8.26. The smallest absolute Gasteiger partial charge is 0.294 e. The Bertz CT molecular complexity index is 847. The van der Waals surface area contributed by atoms with Crippen molar-refractivity contribution in [3.8, 4) is 0 Å². The number of nitrogens with zero attached hydrogens (tertiary/aromatic N) is 3. The molecule has 2 aromatic rings. The first-order chi connectivity index (χ1) is 13.4. The molecule has 0 fully saturated rings. The first kappa shape index (κ1) is 22.0. The molecule has 2 rings (SSSR count). The van der Waals surface area contributed by atoms with Crippen molar-refractivity contribution in [2.24, 2.45) is 10.2 Å². The molecular formula is C21H29N3O3S. The molecule has 0 aliphatic rings. The number of benzene rings is 2. The van der Waals surface area contributed by atoms with Crippen molar-refractivity contribution in [1.82, 2.24) is 0 Å². The van der Waals surface area contributed by atoms with Crippen LogP contribution in [0.1, 0.15) is 45.4 Å². The Labute approximate surface area is 168 Å². The Balaban J connectivity index is 1.85. The molecule has 7 heteroatoms. The highest BCUT2D eigenvalue weighted by atomic mass is 32.2. The first-order valence-corrected chi connectivity index (χ1v) is 11.1. The van der Waals surface area contributed by atoms with Crippen molar-refractivity contribution < 1.29 is 13.0 Å². The van der Waals surface area contributed by atoms with Crippen molar-refractivity contribution in [2.45, 2.75) is 50.3 Å². The summed E-state index contributed by atoms with van der Waals surface area (Å²) < 4.78 is 31.0. The molecule has 0 bridgehead atoms. The third-order valence-corrected chi connectivity index (χ3v) is 5.42. The zero-order chi connectivity index (χ0) is 20.4. The Morgan fingerprint density at radius 1 is 0.821 bits per heavy atom. The van der Waals surface area contributed by atoms with Crippen LogP contribution in [0.2, 0.25) is 0 Å². The summed E-state index contributed by atoms with van der Waals surface area (Å²) in [6, 6.07) is 13.4. The zero-order valence-corrected chi connectivity index (χ0v) is 17.4. The molecule has 0 radical (unpaired) electrons. The van der Waals surface area contributed by atoms with Crippen LogP contribution < -0.4 is 4.90 Å². The largest absolute Gasteiger partial charge is 0.375 e. The molecule has 28 heavy (non-hydrogen) atoms. The predicted molar refractivity (Wildman–Crippen MR) is 114 cm³/mol. The van der Waals surface area contributed by atoms with Gasteiger partial charge in [-0.1, -0.05) is 39.0 Å². The Morgan fingerprint density at radius 2 is 1.32 bits per heavy atom. The molecule has 0 aliphatic heterocycles. The topological polar surface area (TPSA) is 82.3 Å². The maximum absolute atomic E-state index is 11.0. The van der Waals surface area contributed by atoms with Crippen LogP contribution >= 0.6 is 0 Å². The number of rotatable bonds is 11. The highest BCUT2D eigenvalue weighted by Gasteiger charge is 2.08. The molecule has 0 saturated carbocycles. The van der Waals surface area contributed by atoms with Crippen molar-refractivity contribution in [3.63, 3.8) is 0 Å². The van der Waals surface area contributed by atoms with Crippen LogP contribution in [-0.4, -0.2) is 26.6 Å². The van der Waals surface area contributed by atoms with Gasteiger partial charge in [-0.25, -0.2) is 0 Å². The second-order valence-electron chi connectivity index (χ2n) is 6.87. The molecule has 6 nitrogen and oxygen atoms in total. The third-order valence-electron chi connectivity index (χ3n) is 4.55. The molecule has 0 heterocycles. The second kappa shape index (κ2) is 10.9. The maximum Gasteiger partial charge on any atom is 0.294 e. The van der Waals surface area contributed by atoms with Gasteiger partial charge >= 0.3 is 0 Å².